The summed E-state index contributed by atoms with van der Waals surface area (Å²) in [6.07, 6.45) is 0.559. The molecule has 7 nitrogen and oxygen atoms in total. The summed E-state index contributed by atoms with van der Waals surface area (Å²) >= 11 is 5.49. The second-order valence-corrected chi connectivity index (χ2v) is 8.32. The largest absolute Gasteiger partial charge is 0.352 e. The molecule has 2 heterocycles. The van der Waals surface area contributed by atoms with Crippen molar-refractivity contribution in [1.29, 1.82) is 0 Å². The molecular formula is C18H22BrFIN4O3P. The Morgan fingerprint density at radius 2 is 1.86 bits per heavy atom. The summed E-state index contributed by atoms with van der Waals surface area (Å²) in [5, 5.41) is 0. The fourth-order valence-electron chi connectivity index (χ4n) is 2.79. The zero-order chi connectivity index (χ0) is 21.6. The van der Waals surface area contributed by atoms with E-state index in [1.807, 2.05) is 13.8 Å². The fraction of sp³-hybridized carbons (Fsp3) is 0.389. The number of aryl methyl sites for hydroxylation is 1. The zero-order valence-corrected chi connectivity index (χ0v) is 21.0. The molecule has 1 unspecified atom stereocenters. The maximum absolute atomic E-state index is 13.2. The van der Waals surface area contributed by atoms with Crippen molar-refractivity contribution in [2.45, 2.75) is 33.4 Å². The van der Waals surface area contributed by atoms with Crippen LogP contribution in [0.15, 0.2) is 38.6 Å². The normalized spacial score (nSPS) is 11.2. The van der Waals surface area contributed by atoms with Crippen molar-refractivity contribution in [3.63, 3.8) is 0 Å². The van der Waals surface area contributed by atoms with Gasteiger partial charge in [0, 0.05) is 13.6 Å². The maximum Gasteiger partial charge on any atom is 0.332 e. The van der Waals surface area contributed by atoms with Crippen molar-refractivity contribution < 1.29 is 8.91 Å². The predicted molar refractivity (Wildman–Crippen MR) is 127 cm³/mol. The van der Waals surface area contributed by atoms with E-state index in [0.29, 0.717) is 41.9 Å². The first kappa shape index (κ1) is 24.2. The van der Waals surface area contributed by atoms with Gasteiger partial charge in [0.25, 0.3) is 5.56 Å². The van der Waals surface area contributed by atoms with Gasteiger partial charge >= 0.3 is 5.69 Å². The van der Waals surface area contributed by atoms with Crippen molar-refractivity contribution in [3.8, 4) is 0 Å². The Hall–Kier alpha value is -1.10. The minimum Gasteiger partial charge on any atom is -0.352 e. The van der Waals surface area contributed by atoms with Crippen molar-refractivity contribution in [2.24, 2.45) is 7.05 Å². The number of benzene rings is 1. The Morgan fingerprint density at radius 1 is 1.21 bits per heavy atom. The number of nitrogens with zero attached hydrogens (tertiary/aromatic N) is 4. The molecule has 0 aliphatic carbocycles. The molecule has 0 bridgehead atoms. The molecular weight excluding hydrogens is 577 g/mol. The summed E-state index contributed by atoms with van der Waals surface area (Å²) < 4.78 is 23.1. The SMILES string of the molecule is CC.Cn1c(=O)n(CCCOPI)c(=O)c2c1nc(Br)n2Cc1ccc(F)cc1. The number of hydrogen-bond donors (Lipinski definition) is 0. The van der Waals surface area contributed by atoms with Gasteiger partial charge in [0.2, 0.25) is 0 Å². The molecule has 0 fully saturated rings. The van der Waals surface area contributed by atoms with Crippen LogP contribution in [0.2, 0.25) is 0 Å². The van der Waals surface area contributed by atoms with Crippen LogP contribution < -0.4 is 11.2 Å². The van der Waals surface area contributed by atoms with Gasteiger partial charge < -0.3 is 9.09 Å². The van der Waals surface area contributed by atoms with Gasteiger partial charge in [0.1, 0.15) is 5.82 Å². The molecule has 0 aliphatic heterocycles. The molecule has 11 heteroatoms. The molecule has 29 heavy (non-hydrogen) atoms. The summed E-state index contributed by atoms with van der Waals surface area (Å²) in [5.41, 5.74) is 0.631. The third-order valence-corrected chi connectivity index (χ3v) is 5.98. The molecule has 0 spiro atoms. The average Bonchev–Trinajstić information content (AvgIpc) is 3.05. The zero-order valence-electron chi connectivity index (χ0n) is 16.3. The molecule has 3 rings (SSSR count). The van der Waals surface area contributed by atoms with Gasteiger partial charge in [0.05, 0.1) is 19.6 Å². The van der Waals surface area contributed by atoms with Crippen molar-refractivity contribution in [1.82, 2.24) is 18.7 Å². The number of aromatic nitrogens is 4. The summed E-state index contributed by atoms with van der Waals surface area (Å²) in [5.74, 6) is -0.326. The summed E-state index contributed by atoms with van der Waals surface area (Å²) in [6, 6.07) is 6.03. The number of rotatable bonds is 7. The number of hydrogen-bond acceptors (Lipinski definition) is 4. The van der Waals surface area contributed by atoms with E-state index in [1.54, 1.807) is 23.7 Å². The van der Waals surface area contributed by atoms with E-state index >= 15 is 0 Å². The lowest BCUT2D eigenvalue weighted by molar-refractivity contribution is 0.344. The summed E-state index contributed by atoms with van der Waals surface area (Å²) in [6.45, 7) is 5.41. The van der Waals surface area contributed by atoms with E-state index in [1.165, 1.54) is 21.3 Å². The lowest BCUT2D eigenvalue weighted by Crippen LogP contribution is -2.40. The second kappa shape index (κ2) is 11.3. The lowest BCUT2D eigenvalue weighted by atomic mass is 10.2. The van der Waals surface area contributed by atoms with Crippen LogP contribution in [-0.4, -0.2) is 25.3 Å². The Morgan fingerprint density at radius 3 is 2.48 bits per heavy atom. The Bertz CT molecular complexity index is 1080. The Labute approximate surface area is 190 Å². The molecule has 0 amide bonds. The van der Waals surface area contributed by atoms with Crippen LogP contribution in [0.25, 0.3) is 11.2 Å². The molecule has 0 saturated carbocycles. The lowest BCUT2D eigenvalue weighted by Gasteiger charge is -2.10. The van der Waals surface area contributed by atoms with Crippen molar-refractivity contribution in [3.05, 3.63) is 61.2 Å². The van der Waals surface area contributed by atoms with Crippen LogP contribution in [0.4, 0.5) is 4.39 Å². The molecule has 0 aliphatic rings. The van der Waals surface area contributed by atoms with Crippen LogP contribution in [0.1, 0.15) is 25.8 Å². The molecule has 0 radical (unpaired) electrons. The molecule has 0 N–H and O–H groups in total. The minimum atomic E-state index is -0.414. The van der Waals surface area contributed by atoms with Gasteiger partial charge in [-0.2, -0.15) is 0 Å². The fourth-order valence-corrected chi connectivity index (χ4v) is 4.15. The summed E-state index contributed by atoms with van der Waals surface area (Å²) in [4.78, 5) is 29.9. The van der Waals surface area contributed by atoms with Crippen LogP contribution in [0.3, 0.4) is 0 Å². The van der Waals surface area contributed by atoms with Crippen LogP contribution in [-0.2, 0) is 24.7 Å². The first-order valence-corrected chi connectivity index (χ1v) is 13.8. The molecule has 3 aromatic rings. The van der Waals surface area contributed by atoms with Gasteiger partial charge in [0.15, 0.2) is 15.9 Å². The Balaban J connectivity index is 0.00000145. The predicted octanol–water partition coefficient (Wildman–Crippen LogP) is 4.22. The molecule has 2 aromatic heterocycles. The number of fused-ring (bicyclic) bond motifs is 1. The van der Waals surface area contributed by atoms with E-state index in [4.69, 9.17) is 4.52 Å². The van der Waals surface area contributed by atoms with E-state index in [2.05, 4.69) is 43.0 Å². The van der Waals surface area contributed by atoms with Crippen molar-refractivity contribution >= 4 is 55.6 Å². The highest BCUT2D eigenvalue weighted by Crippen LogP contribution is 2.21. The highest BCUT2D eigenvalue weighted by atomic mass is 127. The van der Waals surface area contributed by atoms with E-state index in [9.17, 15) is 14.0 Å². The highest BCUT2D eigenvalue weighted by molar-refractivity contribution is 14.2. The van der Waals surface area contributed by atoms with E-state index in [-0.39, 0.29) is 12.4 Å². The topological polar surface area (TPSA) is 71.1 Å². The van der Waals surface area contributed by atoms with Gasteiger partial charge in [-0.25, -0.2) is 14.2 Å². The minimum absolute atomic E-state index is 0.266. The van der Waals surface area contributed by atoms with Crippen LogP contribution >= 0.6 is 44.4 Å². The van der Waals surface area contributed by atoms with Gasteiger partial charge in [-0.15, -0.1) is 0 Å². The van der Waals surface area contributed by atoms with Gasteiger partial charge in [-0.1, -0.05) is 26.0 Å². The van der Waals surface area contributed by atoms with Gasteiger partial charge in [-0.3, -0.25) is 13.9 Å². The third kappa shape index (κ3) is 5.53. The quantitative estimate of drug-likeness (QED) is 0.177. The Kier molecular flexibility index (Phi) is 9.45. The first-order valence-electron chi connectivity index (χ1n) is 9.01. The highest BCUT2D eigenvalue weighted by Gasteiger charge is 2.19. The maximum atomic E-state index is 13.2. The third-order valence-electron chi connectivity index (χ3n) is 4.12. The molecule has 158 valence electrons. The van der Waals surface area contributed by atoms with Gasteiger partial charge in [-0.05, 0) is 62.1 Å². The first-order chi connectivity index (χ1) is 13.9. The van der Waals surface area contributed by atoms with Crippen LogP contribution in [0, 0.1) is 5.82 Å². The summed E-state index contributed by atoms with van der Waals surface area (Å²) in [7, 11) is 1.59. The molecule has 1 atom stereocenters. The van der Waals surface area contributed by atoms with E-state index < -0.39 is 11.2 Å². The average molecular weight is 599 g/mol. The number of imidazole rings is 1. The van der Waals surface area contributed by atoms with E-state index in [0.717, 1.165) is 5.56 Å². The monoisotopic (exact) mass is 598 g/mol. The number of halogens is 3. The standard InChI is InChI=1S/C16H16BrFIN4O3P.C2H6/c1-21-13-12(14(24)22(16(21)25)7-2-8-26-27-19)23(15(17)20-13)9-10-3-5-11(18)6-4-10;1-2/h3-6,27H,2,7-9H2,1H3;1-2H3. The smallest absolute Gasteiger partial charge is 0.332 e. The molecule has 1 aromatic carbocycles. The molecule has 0 saturated heterocycles. The van der Waals surface area contributed by atoms with Crippen LogP contribution in [0.5, 0.6) is 0 Å². The second-order valence-electron chi connectivity index (χ2n) is 5.84. The van der Waals surface area contributed by atoms with Crippen molar-refractivity contribution in [2.75, 3.05) is 6.61 Å².